The Morgan fingerprint density at radius 3 is 2.33 bits per heavy atom. The van der Waals surface area contributed by atoms with E-state index in [2.05, 4.69) is 9.82 Å². The van der Waals surface area contributed by atoms with Crippen molar-refractivity contribution in [1.82, 2.24) is 14.5 Å². The third-order valence-corrected chi connectivity index (χ3v) is 5.06. The van der Waals surface area contributed by atoms with Crippen LogP contribution in [0.3, 0.4) is 0 Å². The van der Waals surface area contributed by atoms with Crippen LogP contribution in [-0.2, 0) is 23.1 Å². The average Bonchev–Trinajstić information content (AvgIpc) is 2.82. The van der Waals surface area contributed by atoms with Gasteiger partial charge in [-0.1, -0.05) is 17.7 Å². The monoisotopic (exact) mass is 307 g/mol. The molecule has 0 amide bonds. The minimum absolute atomic E-state index is 0.245. The van der Waals surface area contributed by atoms with E-state index in [1.54, 1.807) is 10.9 Å². The molecule has 0 aliphatic rings. The summed E-state index contributed by atoms with van der Waals surface area (Å²) in [5.74, 6) is 0. The molecule has 0 aliphatic heterocycles. The second kappa shape index (κ2) is 5.99. The van der Waals surface area contributed by atoms with E-state index in [0.717, 1.165) is 28.8 Å². The summed E-state index contributed by atoms with van der Waals surface area (Å²) in [6.45, 7) is 8.61. The Morgan fingerprint density at radius 2 is 1.81 bits per heavy atom. The van der Waals surface area contributed by atoms with Crippen molar-refractivity contribution in [2.24, 2.45) is 0 Å². The van der Waals surface area contributed by atoms with Crippen LogP contribution in [0.25, 0.3) is 0 Å². The van der Waals surface area contributed by atoms with Crippen molar-refractivity contribution in [1.29, 1.82) is 0 Å². The SMILES string of the molecule is CCn1cc(CNS(=O)(=O)c2c(C)cc(C)cc2C)cn1. The Kier molecular flexibility index (Phi) is 4.49. The number of rotatable bonds is 5. The second-order valence-electron chi connectivity index (χ2n) is 5.26. The Labute approximate surface area is 126 Å². The zero-order valence-corrected chi connectivity index (χ0v) is 13.7. The van der Waals surface area contributed by atoms with Crippen molar-refractivity contribution in [2.45, 2.75) is 45.7 Å². The molecule has 1 N–H and O–H groups in total. The molecule has 114 valence electrons. The molecule has 21 heavy (non-hydrogen) atoms. The first-order valence-electron chi connectivity index (χ1n) is 6.92. The van der Waals surface area contributed by atoms with Crippen LogP contribution < -0.4 is 4.72 Å². The summed E-state index contributed by atoms with van der Waals surface area (Å²) in [6.07, 6.45) is 3.53. The zero-order valence-electron chi connectivity index (χ0n) is 12.8. The van der Waals surface area contributed by atoms with Gasteiger partial charge in [-0.3, -0.25) is 4.68 Å². The molecule has 1 aromatic heterocycles. The van der Waals surface area contributed by atoms with E-state index in [0.29, 0.717) is 4.90 Å². The first-order valence-corrected chi connectivity index (χ1v) is 8.40. The molecular weight excluding hydrogens is 286 g/mol. The molecule has 1 heterocycles. The van der Waals surface area contributed by atoms with Crippen molar-refractivity contribution >= 4 is 10.0 Å². The maximum atomic E-state index is 12.5. The van der Waals surface area contributed by atoms with Crippen LogP contribution in [0.4, 0.5) is 0 Å². The lowest BCUT2D eigenvalue weighted by Gasteiger charge is -2.12. The van der Waals surface area contributed by atoms with Gasteiger partial charge < -0.3 is 0 Å². The van der Waals surface area contributed by atoms with Gasteiger partial charge in [0.15, 0.2) is 0 Å². The number of benzene rings is 1. The van der Waals surface area contributed by atoms with Crippen LogP contribution in [0.1, 0.15) is 29.2 Å². The fraction of sp³-hybridized carbons (Fsp3) is 0.400. The van der Waals surface area contributed by atoms with E-state index < -0.39 is 10.0 Å². The van der Waals surface area contributed by atoms with E-state index in [4.69, 9.17) is 0 Å². The van der Waals surface area contributed by atoms with Gasteiger partial charge in [-0.25, -0.2) is 13.1 Å². The van der Waals surface area contributed by atoms with E-state index in [9.17, 15) is 8.42 Å². The Morgan fingerprint density at radius 1 is 1.19 bits per heavy atom. The first kappa shape index (κ1) is 15.7. The molecule has 0 unspecified atom stereocenters. The van der Waals surface area contributed by atoms with Crippen LogP contribution in [0.5, 0.6) is 0 Å². The quantitative estimate of drug-likeness (QED) is 0.922. The molecule has 6 heteroatoms. The fourth-order valence-corrected chi connectivity index (χ4v) is 3.98. The summed E-state index contributed by atoms with van der Waals surface area (Å²) in [5, 5.41) is 4.14. The van der Waals surface area contributed by atoms with Gasteiger partial charge in [0.2, 0.25) is 10.0 Å². The van der Waals surface area contributed by atoms with E-state index in [1.165, 1.54) is 0 Å². The molecule has 0 saturated heterocycles. The van der Waals surface area contributed by atoms with Crippen molar-refractivity contribution in [3.63, 3.8) is 0 Å². The Hall–Kier alpha value is -1.66. The van der Waals surface area contributed by atoms with Crippen LogP contribution >= 0.6 is 0 Å². The van der Waals surface area contributed by atoms with Gasteiger partial charge in [0.25, 0.3) is 0 Å². The lowest BCUT2D eigenvalue weighted by molar-refractivity contribution is 0.580. The number of nitrogens with zero attached hydrogens (tertiary/aromatic N) is 2. The molecule has 1 aromatic carbocycles. The standard InChI is InChI=1S/C15H21N3O2S/c1-5-18-10-14(8-16-18)9-17-21(19,20)15-12(3)6-11(2)7-13(15)4/h6-8,10,17H,5,9H2,1-4H3. The molecule has 0 radical (unpaired) electrons. The first-order chi connectivity index (χ1) is 9.83. The highest BCUT2D eigenvalue weighted by Gasteiger charge is 2.19. The van der Waals surface area contributed by atoms with Crippen LogP contribution in [0.15, 0.2) is 29.4 Å². The van der Waals surface area contributed by atoms with Gasteiger partial charge in [0, 0.05) is 24.8 Å². The van der Waals surface area contributed by atoms with Gasteiger partial charge in [-0.05, 0) is 38.8 Å². The molecule has 5 nitrogen and oxygen atoms in total. The molecule has 0 bridgehead atoms. The highest BCUT2D eigenvalue weighted by Crippen LogP contribution is 2.21. The van der Waals surface area contributed by atoms with Crippen molar-refractivity contribution in [3.05, 3.63) is 46.8 Å². The molecular formula is C15H21N3O2S. The summed E-state index contributed by atoms with van der Waals surface area (Å²) in [7, 11) is -3.52. The minimum Gasteiger partial charge on any atom is -0.273 e. The number of aromatic nitrogens is 2. The highest BCUT2D eigenvalue weighted by molar-refractivity contribution is 7.89. The predicted molar refractivity (Wildman–Crippen MR) is 82.6 cm³/mol. The van der Waals surface area contributed by atoms with Crippen molar-refractivity contribution < 1.29 is 8.42 Å². The number of hydrogen-bond acceptors (Lipinski definition) is 3. The maximum Gasteiger partial charge on any atom is 0.241 e. The summed E-state index contributed by atoms with van der Waals surface area (Å²) in [6, 6.07) is 3.77. The summed E-state index contributed by atoms with van der Waals surface area (Å²) in [5.41, 5.74) is 3.45. The Bertz CT molecular complexity index is 725. The van der Waals surface area contributed by atoms with Crippen LogP contribution in [0.2, 0.25) is 0 Å². The average molecular weight is 307 g/mol. The lowest BCUT2D eigenvalue weighted by atomic mass is 10.1. The van der Waals surface area contributed by atoms with Crippen molar-refractivity contribution in [2.75, 3.05) is 0 Å². The van der Waals surface area contributed by atoms with Crippen molar-refractivity contribution in [3.8, 4) is 0 Å². The van der Waals surface area contributed by atoms with E-state index >= 15 is 0 Å². The number of aryl methyl sites for hydroxylation is 4. The lowest BCUT2D eigenvalue weighted by Crippen LogP contribution is -2.24. The third kappa shape index (κ3) is 3.51. The van der Waals surface area contributed by atoms with Gasteiger partial charge in [-0.2, -0.15) is 5.10 Å². The summed E-state index contributed by atoms with van der Waals surface area (Å²) >= 11 is 0. The zero-order chi connectivity index (χ0) is 15.6. The van der Waals surface area contributed by atoms with Gasteiger partial charge in [-0.15, -0.1) is 0 Å². The van der Waals surface area contributed by atoms with Crippen LogP contribution in [-0.4, -0.2) is 18.2 Å². The molecule has 0 aliphatic carbocycles. The van der Waals surface area contributed by atoms with Crippen LogP contribution in [0, 0.1) is 20.8 Å². The maximum absolute atomic E-state index is 12.5. The molecule has 2 aromatic rings. The minimum atomic E-state index is -3.52. The molecule has 0 atom stereocenters. The number of hydrogen-bond donors (Lipinski definition) is 1. The third-order valence-electron chi connectivity index (χ3n) is 3.35. The Balaban J connectivity index is 2.23. The highest BCUT2D eigenvalue weighted by atomic mass is 32.2. The normalized spacial score (nSPS) is 11.8. The number of nitrogens with one attached hydrogen (secondary N) is 1. The molecule has 2 rings (SSSR count). The molecule has 0 spiro atoms. The van der Waals surface area contributed by atoms with Gasteiger partial charge in [0.05, 0.1) is 11.1 Å². The molecule has 0 fully saturated rings. The second-order valence-corrected chi connectivity index (χ2v) is 6.96. The summed E-state index contributed by atoms with van der Waals surface area (Å²) < 4.78 is 29.4. The smallest absolute Gasteiger partial charge is 0.241 e. The topological polar surface area (TPSA) is 64.0 Å². The van der Waals surface area contributed by atoms with Gasteiger partial charge >= 0.3 is 0 Å². The summed E-state index contributed by atoms with van der Waals surface area (Å²) in [4.78, 5) is 0.371. The molecule has 0 saturated carbocycles. The fourth-order valence-electron chi connectivity index (χ4n) is 2.51. The predicted octanol–water partition coefficient (Wildman–Crippen LogP) is 2.31. The number of sulfonamides is 1. The largest absolute Gasteiger partial charge is 0.273 e. The van der Waals surface area contributed by atoms with Gasteiger partial charge in [0.1, 0.15) is 0 Å². The van der Waals surface area contributed by atoms with E-state index in [1.807, 2.05) is 46.0 Å². The van der Waals surface area contributed by atoms with E-state index in [-0.39, 0.29) is 6.54 Å².